The molecule has 0 amide bonds. The normalized spacial score (nSPS) is 13.0. The lowest BCUT2D eigenvalue weighted by Crippen LogP contribution is -2.31. The molecular formula is C19H23N3O4S. The van der Waals surface area contributed by atoms with Crippen molar-refractivity contribution in [1.82, 2.24) is 14.5 Å². The van der Waals surface area contributed by atoms with Crippen molar-refractivity contribution in [3.8, 4) is 5.75 Å². The first-order chi connectivity index (χ1) is 13.0. The van der Waals surface area contributed by atoms with Crippen LogP contribution in [0, 0.1) is 5.92 Å². The third-order valence-corrected chi connectivity index (χ3v) is 5.34. The van der Waals surface area contributed by atoms with Crippen LogP contribution in [0.15, 0.2) is 70.4 Å². The van der Waals surface area contributed by atoms with E-state index < -0.39 is 10.0 Å². The minimum absolute atomic E-state index is 0.114. The van der Waals surface area contributed by atoms with Gasteiger partial charge >= 0.3 is 0 Å². The number of rotatable bonds is 9. The van der Waals surface area contributed by atoms with Crippen LogP contribution in [0.3, 0.4) is 0 Å². The molecule has 0 aliphatic carbocycles. The maximum Gasteiger partial charge on any atom is 0.240 e. The summed E-state index contributed by atoms with van der Waals surface area (Å²) in [4.78, 5) is 0.179. The lowest BCUT2D eigenvalue weighted by molar-refractivity contribution is 0.271. The van der Waals surface area contributed by atoms with E-state index in [1.807, 2.05) is 0 Å². The van der Waals surface area contributed by atoms with Gasteiger partial charge in [0.25, 0.3) is 0 Å². The molecule has 0 aliphatic rings. The van der Waals surface area contributed by atoms with Gasteiger partial charge in [0, 0.05) is 18.9 Å². The summed E-state index contributed by atoms with van der Waals surface area (Å²) in [5.41, 5.74) is 0. The smallest absolute Gasteiger partial charge is 0.240 e. The van der Waals surface area contributed by atoms with Gasteiger partial charge in [-0.25, -0.2) is 13.1 Å². The summed E-state index contributed by atoms with van der Waals surface area (Å²) in [6, 6.07) is 11.3. The molecule has 0 saturated carbocycles. The first-order valence-electron chi connectivity index (χ1n) is 8.71. The molecule has 1 atom stereocenters. The van der Waals surface area contributed by atoms with Crippen LogP contribution in [0.1, 0.15) is 25.6 Å². The Bertz CT molecular complexity index is 884. The largest absolute Gasteiger partial charge is 0.493 e. The van der Waals surface area contributed by atoms with E-state index in [-0.39, 0.29) is 17.5 Å². The average Bonchev–Trinajstić information content (AvgIpc) is 3.35. The zero-order valence-electron chi connectivity index (χ0n) is 15.3. The third-order valence-electron chi connectivity index (χ3n) is 3.90. The second kappa shape index (κ2) is 8.41. The molecule has 3 rings (SSSR count). The Morgan fingerprint density at radius 2 is 1.96 bits per heavy atom. The van der Waals surface area contributed by atoms with Crippen LogP contribution in [-0.2, 0) is 10.0 Å². The Labute approximate surface area is 159 Å². The van der Waals surface area contributed by atoms with Crippen LogP contribution in [0.4, 0.5) is 0 Å². The highest BCUT2D eigenvalue weighted by Gasteiger charge is 2.21. The number of aromatic nitrogens is 2. The molecular weight excluding hydrogens is 366 g/mol. The second-order valence-electron chi connectivity index (χ2n) is 6.55. The summed E-state index contributed by atoms with van der Waals surface area (Å²) in [5.74, 6) is 1.67. The van der Waals surface area contributed by atoms with Crippen molar-refractivity contribution in [2.75, 3.05) is 13.2 Å². The molecule has 2 aromatic heterocycles. The van der Waals surface area contributed by atoms with Crippen molar-refractivity contribution < 1.29 is 17.6 Å². The fourth-order valence-corrected chi connectivity index (χ4v) is 3.56. The molecule has 0 bridgehead atoms. The molecule has 1 aromatic carbocycles. The molecule has 0 spiro atoms. The molecule has 0 aliphatic heterocycles. The van der Waals surface area contributed by atoms with Crippen LogP contribution in [0.25, 0.3) is 0 Å². The van der Waals surface area contributed by atoms with Crippen molar-refractivity contribution >= 4 is 10.0 Å². The number of sulfonamides is 1. The van der Waals surface area contributed by atoms with Crippen molar-refractivity contribution in [2.45, 2.75) is 24.8 Å². The number of hydrogen-bond donors (Lipinski definition) is 1. The Hall–Kier alpha value is -2.58. The van der Waals surface area contributed by atoms with Gasteiger partial charge in [-0.15, -0.1) is 0 Å². The summed E-state index contributed by atoms with van der Waals surface area (Å²) in [6.07, 6.45) is 4.96. The SMILES string of the molecule is CC(C)COc1ccc(S(=O)(=O)NCC(c2ccco2)n2cccn2)cc1. The highest BCUT2D eigenvalue weighted by Crippen LogP contribution is 2.20. The zero-order chi connectivity index (χ0) is 19.3. The maximum atomic E-state index is 12.6. The van der Waals surface area contributed by atoms with E-state index in [9.17, 15) is 8.42 Å². The van der Waals surface area contributed by atoms with Crippen LogP contribution in [0.2, 0.25) is 0 Å². The van der Waals surface area contributed by atoms with Crippen LogP contribution in [0.5, 0.6) is 5.75 Å². The Morgan fingerprint density at radius 1 is 1.19 bits per heavy atom. The Morgan fingerprint density at radius 3 is 2.56 bits per heavy atom. The van der Waals surface area contributed by atoms with Crippen LogP contribution < -0.4 is 9.46 Å². The van der Waals surface area contributed by atoms with Gasteiger partial charge in [-0.05, 0) is 48.4 Å². The van der Waals surface area contributed by atoms with Gasteiger partial charge in [-0.1, -0.05) is 13.8 Å². The zero-order valence-corrected chi connectivity index (χ0v) is 16.1. The number of nitrogens with zero attached hydrogens (tertiary/aromatic N) is 2. The Kier molecular flexibility index (Phi) is 5.98. The first-order valence-corrected chi connectivity index (χ1v) is 10.2. The number of nitrogens with one attached hydrogen (secondary N) is 1. The fourth-order valence-electron chi connectivity index (χ4n) is 2.52. The van der Waals surface area contributed by atoms with Crippen LogP contribution in [-0.4, -0.2) is 31.3 Å². The van der Waals surface area contributed by atoms with E-state index in [1.165, 1.54) is 12.1 Å². The van der Waals surface area contributed by atoms with E-state index in [2.05, 4.69) is 23.7 Å². The number of benzene rings is 1. The van der Waals surface area contributed by atoms with Gasteiger partial charge in [0.15, 0.2) is 0 Å². The lowest BCUT2D eigenvalue weighted by atomic mass is 10.2. The molecule has 2 heterocycles. The van der Waals surface area contributed by atoms with Gasteiger partial charge in [0.2, 0.25) is 10.0 Å². The quantitative estimate of drug-likeness (QED) is 0.608. The number of ether oxygens (including phenoxy) is 1. The Balaban J connectivity index is 1.70. The van der Waals surface area contributed by atoms with E-state index in [1.54, 1.807) is 53.7 Å². The first kappa shape index (κ1) is 19.2. The molecule has 1 unspecified atom stereocenters. The van der Waals surface area contributed by atoms with Gasteiger partial charge in [0.05, 0.1) is 17.8 Å². The topological polar surface area (TPSA) is 86.4 Å². The fraction of sp³-hybridized carbons (Fsp3) is 0.316. The standard InChI is InChI=1S/C19H23N3O4S/c1-15(2)14-26-16-6-8-17(9-7-16)27(23,24)21-13-18(19-5-3-12-25-19)22-11-4-10-20-22/h3-12,15,18,21H,13-14H2,1-2H3. The predicted octanol–water partition coefficient (Wildman–Crippen LogP) is 3.08. The molecule has 8 heteroatoms. The number of hydrogen-bond acceptors (Lipinski definition) is 5. The van der Waals surface area contributed by atoms with E-state index in [0.29, 0.717) is 24.0 Å². The molecule has 0 radical (unpaired) electrons. The minimum Gasteiger partial charge on any atom is -0.493 e. The van der Waals surface area contributed by atoms with Gasteiger partial charge in [0.1, 0.15) is 17.6 Å². The summed E-state index contributed by atoms with van der Waals surface area (Å²) < 4.78 is 40.6. The molecule has 0 fully saturated rings. The summed E-state index contributed by atoms with van der Waals surface area (Å²) >= 11 is 0. The average molecular weight is 389 g/mol. The number of furan rings is 1. The highest BCUT2D eigenvalue weighted by molar-refractivity contribution is 7.89. The molecule has 144 valence electrons. The molecule has 7 nitrogen and oxygen atoms in total. The molecule has 3 aromatic rings. The van der Waals surface area contributed by atoms with Crippen molar-refractivity contribution in [3.05, 3.63) is 66.9 Å². The second-order valence-corrected chi connectivity index (χ2v) is 8.31. The monoisotopic (exact) mass is 389 g/mol. The highest BCUT2D eigenvalue weighted by atomic mass is 32.2. The van der Waals surface area contributed by atoms with Gasteiger partial charge in [-0.3, -0.25) is 4.68 Å². The van der Waals surface area contributed by atoms with Crippen molar-refractivity contribution in [2.24, 2.45) is 5.92 Å². The van der Waals surface area contributed by atoms with Crippen molar-refractivity contribution in [1.29, 1.82) is 0 Å². The third kappa shape index (κ3) is 4.99. The minimum atomic E-state index is -3.67. The van der Waals surface area contributed by atoms with Crippen LogP contribution >= 0.6 is 0 Å². The van der Waals surface area contributed by atoms with Gasteiger partial charge < -0.3 is 9.15 Å². The molecule has 1 N–H and O–H groups in total. The predicted molar refractivity (Wildman–Crippen MR) is 101 cm³/mol. The summed E-state index contributed by atoms with van der Waals surface area (Å²) in [6.45, 7) is 4.80. The van der Waals surface area contributed by atoms with E-state index in [4.69, 9.17) is 9.15 Å². The van der Waals surface area contributed by atoms with E-state index >= 15 is 0 Å². The summed E-state index contributed by atoms with van der Waals surface area (Å²) in [5, 5.41) is 4.20. The van der Waals surface area contributed by atoms with E-state index in [0.717, 1.165) is 0 Å². The molecule has 27 heavy (non-hydrogen) atoms. The molecule has 0 saturated heterocycles. The maximum absolute atomic E-state index is 12.6. The van der Waals surface area contributed by atoms with Crippen molar-refractivity contribution in [3.63, 3.8) is 0 Å². The summed E-state index contributed by atoms with van der Waals surface area (Å²) in [7, 11) is -3.67. The lowest BCUT2D eigenvalue weighted by Gasteiger charge is -2.16. The van der Waals surface area contributed by atoms with Gasteiger partial charge in [-0.2, -0.15) is 5.10 Å².